The number of rotatable bonds is 8. The van der Waals surface area contributed by atoms with Crippen LogP contribution < -0.4 is 20.7 Å². The van der Waals surface area contributed by atoms with Gasteiger partial charge in [-0.25, -0.2) is 9.97 Å². The Bertz CT molecular complexity index is 1430. The Morgan fingerprint density at radius 2 is 1.86 bits per heavy atom. The first kappa shape index (κ1) is 25.2. The first-order valence-electron chi connectivity index (χ1n) is 10.6. The number of fused-ring (bicyclic) bond motifs is 2. The zero-order valence-corrected chi connectivity index (χ0v) is 19.8. The van der Waals surface area contributed by atoms with Crippen molar-refractivity contribution in [2.45, 2.75) is 19.4 Å². The third-order valence-electron chi connectivity index (χ3n) is 5.04. The van der Waals surface area contributed by atoms with Crippen molar-refractivity contribution in [2.24, 2.45) is 7.05 Å². The molecule has 4 rings (SSSR count). The second-order valence-electron chi connectivity index (χ2n) is 7.74. The van der Waals surface area contributed by atoms with E-state index >= 15 is 0 Å². The second-order valence-corrected chi connectivity index (χ2v) is 8.77. The molecule has 0 spiro atoms. The number of hydrogen-bond donors (Lipinski definition) is 4. The standard InChI is InChI=1S/C22H21F3N6O4S/c1-11(32)18(33)26-7-8-27-19(34)12-3-6-16-15(9-12)28-20(31(16)2)30-21-29-14-5-4-13(10-17(14)36-21)35-22(23,24)25/h3-6,9-11,32H,7-8H2,1-2H3,(H,26,33)(H,27,34)(H,28,29,30). The number of nitrogens with one attached hydrogen (secondary N) is 3. The summed E-state index contributed by atoms with van der Waals surface area (Å²) in [6.45, 7) is 1.69. The Hall–Kier alpha value is -3.91. The van der Waals surface area contributed by atoms with Crippen LogP contribution in [0.3, 0.4) is 0 Å². The Labute approximate surface area is 206 Å². The van der Waals surface area contributed by atoms with E-state index < -0.39 is 18.4 Å². The SMILES string of the molecule is CC(O)C(=O)NCCNC(=O)c1ccc2c(c1)nc(Nc1nc3ccc(OC(F)(F)F)cc3s1)n2C. The van der Waals surface area contributed by atoms with Crippen molar-refractivity contribution >= 4 is 55.5 Å². The van der Waals surface area contributed by atoms with Crippen molar-refractivity contribution < 1.29 is 32.6 Å². The third kappa shape index (κ3) is 5.83. The number of imidazole rings is 1. The molecular weight excluding hydrogens is 501 g/mol. The minimum atomic E-state index is -4.78. The highest BCUT2D eigenvalue weighted by atomic mass is 32.1. The van der Waals surface area contributed by atoms with E-state index in [4.69, 9.17) is 5.11 Å². The van der Waals surface area contributed by atoms with Crippen molar-refractivity contribution in [3.8, 4) is 5.75 Å². The molecule has 2 heterocycles. The van der Waals surface area contributed by atoms with Crippen LogP contribution in [-0.4, -0.2) is 57.0 Å². The van der Waals surface area contributed by atoms with E-state index in [9.17, 15) is 22.8 Å². The molecule has 2 aromatic heterocycles. The number of hydrogen-bond acceptors (Lipinski definition) is 8. The largest absolute Gasteiger partial charge is 0.573 e. The highest BCUT2D eigenvalue weighted by molar-refractivity contribution is 7.22. The van der Waals surface area contributed by atoms with Gasteiger partial charge >= 0.3 is 6.36 Å². The number of aromatic nitrogens is 3. The predicted octanol–water partition coefficient (Wildman–Crippen LogP) is 3.05. The molecule has 14 heteroatoms. The lowest BCUT2D eigenvalue weighted by molar-refractivity contribution is -0.274. The maximum Gasteiger partial charge on any atom is 0.573 e. The first-order valence-corrected chi connectivity index (χ1v) is 11.5. The van der Waals surface area contributed by atoms with Gasteiger partial charge in [0.15, 0.2) is 5.13 Å². The maximum atomic E-state index is 12.5. The lowest BCUT2D eigenvalue weighted by Gasteiger charge is -2.08. The number of carbonyl (C=O) groups excluding carboxylic acids is 2. The fraction of sp³-hybridized carbons (Fsp3) is 0.273. The zero-order chi connectivity index (χ0) is 26.0. The van der Waals surface area contributed by atoms with Crippen LogP contribution in [0.1, 0.15) is 17.3 Å². The van der Waals surface area contributed by atoms with Gasteiger partial charge in [-0.1, -0.05) is 11.3 Å². The van der Waals surface area contributed by atoms with E-state index in [0.717, 1.165) is 16.9 Å². The van der Waals surface area contributed by atoms with E-state index in [1.54, 1.807) is 29.8 Å². The molecule has 36 heavy (non-hydrogen) atoms. The molecule has 0 saturated carbocycles. The molecule has 190 valence electrons. The molecule has 0 fully saturated rings. The summed E-state index contributed by atoms with van der Waals surface area (Å²) in [5.74, 6) is -0.785. The van der Waals surface area contributed by atoms with Crippen LogP contribution in [0.4, 0.5) is 24.3 Å². The molecule has 1 unspecified atom stereocenters. The van der Waals surface area contributed by atoms with Gasteiger partial charge in [-0.2, -0.15) is 0 Å². The minimum Gasteiger partial charge on any atom is -0.406 e. The van der Waals surface area contributed by atoms with Crippen LogP contribution in [-0.2, 0) is 11.8 Å². The van der Waals surface area contributed by atoms with Gasteiger partial charge in [0.2, 0.25) is 11.9 Å². The molecule has 0 radical (unpaired) electrons. The van der Waals surface area contributed by atoms with Crippen LogP contribution in [0.15, 0.2) is 36.4 Å². The summed E-state index contributed by atoms with van der Waals surface area (Å²) in [6.07, 6.45) is -5.91. The van der Waals surface area contributed by atoms with Crippen LogP contribution in [0.25, 0.3) is 21.3 Å². The molecule has 4 N–H and O–H groups in total. The van der Waals surface area contributed by atoms with E-state index in [2.05, 4.69) is 30.7 Å². The van der Waals surface area contributed by atoms with Crippen molar-refractivity contribution in [2.75, 3.05) is 18.4 Å². The van der Waals surface area contributed by atoms with E-state index in [0.29, 0.717) is 32.4 Å². The fourth-order valence-corrected chi connectivity index (χ4v) is 4.20. The van der Waals surface area contributed by atoms with E-state index in [-0.39, 0.29) is 24.7 Å². The van der Waals surface area contributed by atoms with Crippen LogP contribution >= 0.6 is 11.3 Å². The predicted molar refractivity (Wildman–Crippen MR) is 127 cm³/mol. The number of nitrogens with zero attached hydrogens (tertiary/aromatic N) is 3. The summed E-state index contributed by atoms with van der Waals surface area (Å²) in [5, 5.41) is 17.8. The number of thiazole rings is 1. The van der Waals surface area contributed by atoms with Gasteiger partial charge in [0, 0.05) is 31.8 Å². The van der Waals surface area contributed by atoms with Crippen molar-refractivity contribution in [1.29, 1.82) is 0 Å². The zero-order valence-electron chi connectivity index (χ0n) is 19.0. The summed E-state index contributed by atoms with van der Waals surface area (Å²) in [5.41, 5.74) is 2.14. The molecule has 2 amide bonds. The highest BCUT2D eigenvalue weighted by Gasteiger charge is 2.31. The molecule has 0 saturated heterocycles. The molecule has 2 aromatic carbocycles. The lowest BCUT2D eigenvalue weighted by atomic mass is 10.2. The first-order chi connectivity index (χ1) is 17.0. The van der Waals surface area contributed by atoms with Gasteiger partial charge in [-0.05, 0) is 37.3 Å². The molecule has 0 aliphatic rings. The van der Waals surface area contributed by atoms with Gasteiger partial charge < -0.3 is 30.4 Å². The number of aliphatic hydroxyl groups excluding tert-OH is 1. The van der Waals surface area contributed by atoms with Gasteiger partial charge in [-0.3, -0.25) is 9.59 Å². The number of benzene rings is 2. The summed E-state index contributed by atoms with van der Waals surface area (Å²) in [4.78, 5) is 32.7. The van der Waals surface area contributed by atoms with Crippen LogP contribution in [0.2, 0.25) is 0 Å². The normalized spacial score (nSPS) is 12.5. The van der Waals surface area contributed by atoms with Gasteiger partial charge in [0.25, 0.3) is 5.91 Å². The molecule has 0 aliphatic heterocycles. The van der Waals surface area contributed by atoms with Gasteiger partial charge in [-0.15, -0.1) is 13.2 Å². The quantitative estimate of drug-likeness (QED) is 0.262. The number of aliphatic hydroxyl groups is 1. The van der Waals surface area contributed by atoms with E-state index in [1.807, 2.05) is 0 Å². The lowest BCUT2D eigenvalue weighted by Crippen LogP contribution is -2.38. The monoisotopic (exact) mass is 522 g/mol. The number of alkyl halides is 3. The molecular formula is C22H21F3N6O4S. The smallest absolute Gasteiger partial charge is 0.406 e. The van der Waals surface area contributed by atoms with Crippen molar-refractivity contribution in [1.82, 2.24) is 25.2 Å². The topological polar surface area (TPSA) is 130 Å². The Balaban J connectivity index is 1.46. The Kier molecular flexibility index (Phi) is 6.99. The van der Waals surface area contributed by atoms with Gasteiger partial charge in [0.05, 0.1) is 21.3 Å². The third-order valence-corrected chi connectivity index (χ3v) is 5.98. The summed E-state index contributed by atoms with van der Waals surface area (Å²) >= 11 is 1.14. The fourth-order valence-electron chi connectivity index (χ4n) is 3.32. The summed E-state index contributed by atoms with van der Waals surface area (Å²) in [6, 6.07) is 8.88. The van der Waals surface area contributed by atoms with Crippen LogP contribution in [0, 0.1) is 0 Å². The average molecular weight is 523 g/mol. The Morgan fingerprint density at radius 1 is 1.11 bits per heavy atom. The summed E-state index contributed by atoms with van der Waals surface area (Å²) in [7, 11) is 1.77. The maximum absolute atomic E-state index is 12.5. The van der Waals surface area contributed by atoms with E-state index in [1.165, 1.54) is 25.1 Å². The number of aryl methyl sites for hydroxylation is 1. The molecule has 4 aromatic rings. The Morgan fingerprint density at radius 3 is 2.58 bits per heavy atom. The molecule has 0 bridgehead atoms. The minimum absolute atomic E-state index is 0.168. The molecule has 0 aliphatic carbocycles. The van der Waals surface area contributed by atoms with Crippen molar-refractivity contribution in [3.63, 3.8) is 0 Å². The number of ether oxygens (including phenoxy) is 1. The second kappa shape index (κ2) is 9.99. The average Bonchev–Trinajstić information content (AvgIpc) is 3.34. The van der Waals surface area contributed by atoms with Crippen LogP contribution in [0.5, 0.6) is 5.75 Å². The summed E-state index contributed by atoms with van der Waals surface area (Å²) < 4.78 is 43.7. The number of halogens is 3. The number of amides is 2. The van der Waals surface area contributed by atoms with Gasteiger partial charge in [0.1, 0.15) is 11.9 Å². The number of anilines is 2. The number of carbonyl (C=O) groups is 2. The van der Waals surface area contributed by atoms with Crippen molar-refractivity contribution in [3.05, 3.63) is 42.0 Å². The molecule has 1 atom stereocenters. The molecule has 10 nitrogen and oxygen atoms in total. The highest BCUT2D eigenvalue weighted by Crippen LogP contribution is 2.33.